The number of carboxylic acids is 1. The SMILES string of the molecule is Cc1ccc(C(=O)O)c(C2=N[C@](C)(C(C)C)C(=O)N2)n1. The van der Waals surface area contributed by atoms with Gasteiger partial charge < -0.3 is 10.4 Å². The zero-order valence-electron chi connectivity index (χ0n) is 11.9. The van der Waals surface area contributed by atoms with E-state index in [0.29, 0.717) is 5.69 Å². The lowest BCUT2D eigenvalue weighted by Gasteiger charge is -2.21. The zero-order valence-corrected chi connectivity index (χ0v) is 11.9. The van der Waals surface area contributed by atoms with E-state index in [-0.39, 0.29) is 28.9 Å². The molecular weight excluding hydrogens is 258 g/mol. The van der Waals surface area contributed by atoms with Crippen LogP contribution in [0, 0.1) is 12.8 Å². The van der Waals surface area contributed by atoms with Crippen molar-refractivity contribution < 1.29 is 14.7 Å². The molecule has 0 bridgehead atoms. The second-order valence-corrected chi connectivity index (χ2v) is 5.37. The fourth-order valence-corrected chi connectivity index (χ4v) is 1.96. The first-order chi connectivity index (χ1) is 9.25. The van der Waals surface area contributed by atoms with E-state index in [1.54, 1.807) is 19.9 Å². The number of carbonyl (C=O) groups excluding carboxylic acids is 1. The first kappa shape index (κ1) is 14.2. The highest BCUT2D eigenvalue weighted by Crippen LogP contribution is 2.27. The molecule has 2 heterocycles. The van der Waals surface area contributed by atoms with Crippen LogP contribution in [0.3, 0.4) is 0 Å². The van der Waals surface area contributed by atoms with Gasteiger partial charge in [0.1, 0.15) is 11.2 Å². The number of nitrogens with one attached hydrogen (secondary N) is 1. The number of hydrogen-bond acceptors (Lipinski definition) is 4. The van der Waals surface area contributed by atoms with Gasteiger partial charge >= 0.3 is 5.97 Å². The molecule has 0 spiro atoms. The number of hydrogen-bond donors (Lipinski definition) is 2. The number of amides is 1. The maximum Gasteiger partial charge on any atom is 0.338 e. The Balaban J connectivity index is 2.56. The molecule has 2 N–H and O–H groups in total. The molecule has 20 heavy (non-hydrogen) atoms. The number of aromatic carboxylic acids is 1. The van der Waals surface area contributed by atoms with Crippen molar-refractivity contribution in [3.8, 4) is 0 Å². The predicted molar refractivity (Wildman–Crippen MR) is 73.9 cm³/mol. The quantitative estimate of drug-likeness (QED) is 0.871. The highest BCUT2D eigenvalue weighted by Gasteiger charge is 2.43. The predicted octanol–water partition coefficient (Wildman–Crippen LogP) is 1.38. The highest BCUT2D eigenvalue weighted by atomic mass is 16.4. The number of carboxylic acid groups (broad SMARTS) is 1. The lowest BCUT2D eigenvalue weighted by molar-refractivity contribution is -0.124. The Kier molecular flexibility index (Phi) is 3.33. The summed E-state index contributed by atoms with van der Waals surface area (Å²) in [6, 6.07) is 3.09. The molecule has 0 radical (unpaired) electrons. The molecule has 0 fully saturated rings. The van der Waals surface area contributed by atoms with Gasteiger partial charge in [0.25, 0.3) is 5.91 Å². The molecule has 106 valence electrons. The summed E-state index contributed by atoms with van der Waals surface area (Å²) in [4.78, 5) is 31.9. The van der Waals surface area contributed by atoms with Gasteiger partial charge in [0.15, 0.2) is 5.84 Å². The molecule has 1 aromatic heterocycles. The number of carbonyl (C=O) groups is 2. The summed E-state index contributed by atoms with van der Waals surface area (Å²) in [6.45, 7) is 7.28. The second kappa shape index (κ2) is 4.70. The van der Waals surface area contributed by atoms with E-state index in [0.717, 1.165) is 0 Å². The summed E-state index contributed by atoms with van der Waals surface area (Å²) in [5.74, 6) is -1.10. The van der Waals surface area contributed by atoms with Crippen LogP contribution in [0.1, 0.15) is 42.5 Å². The van der Waals surface area contributed by atoms with Crippen molar-refractivity contribution in [1.29, 1.82) is 0 Å². The Labute approximate surface area is 116 Å². The van der Waals surface area contributed by atoms with Crippen LogP contribution in [0.4, 0.5) is 0 Å². The molecule has 0 saturated carbocycles. The van der Waals surface area contributed by atoms with E-state index in [1.807, 2.05) is 13.8 Å². The van der Waals surface area contributed by atoms with Crippen LogP contribution in [0.2, 0.25) is 0 Å². The Morgan fingerprint density at radius 2 is 2.05 bits per heavy atom. The average Bonchev–Trinajstić information content (AvgIpc) is 2.66. The van der Waals surface area contributed by atoms with Crippen LogP contribution < -0.4 is 5.32 Å². The molecular formula is C14H17N3O3. The van der Waals surface area contributed by atoms with Crippen molar-refractivity contribution in [3.05, 3.63) is 29.1 Å². The Bertz CT molecular complexity index is 622. The average molecular weight is 275 g/mol. The standard InChI is InChI=1S/C14H17N3O3/c1-7(2)14(4)13(20)16-11(17-14)10-9(12(18)19)6-5-8(3)15-10/h5-7H,1-4H3,(H,18,19)(H,16,17,20)/t14-/m1/s1. The van der Waals surface area contributed by atoms with Crippen molar-refractivity contribution in [2.24, 2.45) is 10.9 Å². The van der Waals surface area contributed by atoms with Gasteiger partial charge in [-0.2, -0.15) is 0 Å². The van der Waals surface area contributed by atoms with Gasteiger partial charge in [-0.05, 0) is 31.9 Å². The van der Waals surface area contributed by atoms with Crippen molar-refractivity contribution in [1.82, 2.24) is 10.3 Å². The lowest BCUT2D eigenvalue weighted by atomic mass is 9.89. The molecule has 6 heteroatoms. The van der Waals surface area contributed by atoms with Crippen LogP contribution in [-0.4, -0.2) is 33.3 Å². The van der Waals surface area contributed by atoms with Crippen molar-refractivity contribution in [3.63, 3.8) is 0 Å². The summed E-state index contributed by atoms with van der Waals surface area (Å²) < 4.78 is 0. The third kappa shape index (κ3) is 2.17. The number of pyridine rings is 1. The summed E-state index contributed by atoms with van der Waals surface area (Å²) in [5, 5.41) is 11.9. The summed E-state index contributed by atoms with van der Waals surface area (Å²) in [5.41, 5.74) is 0.00858. The van der Waals surface area contributed by atoms with E-state index in [9.17, 15) is 14.7 Å². The monoisotopic (exact) mass is 275 g/mol. The smallest absolute Gasteiger partial charge is 0.338 e. The van der Waals surface area contributed by atoms with Gasteiger partial charge in [-0.15, -0.1) is 0 Å². The van der Waals surface area contributed by atoms with Gasteiger partial charge in [0, 0.05) is 5.69 Å². The third-order valence-corrected chi connectivity index (χ3v) is 3.65. The molecule has 1 aliphatic heterocycles. The fraction of sp³-hybridized carbons (Fsp3) is 0.429. The molecule has 0 aromatic carbocycles. The number of aryl methyl sites for hydroxylation is 1. The Morgan fingerprint density at radius 3 is 2.55 bits per heavy atom. The highest BCUT2D eigenvalue weighted by molar-refractivity contribution is 6.17. The van der Waals surface area contributed by atoms with Gasteiger partial charge in [0.05, 0.1) is 5.56 Å². The molecule has 1 aliphatic rings. The first-order valence-corrected chi connectivity index (χ1v) is 6.38. The van der Waals surface area contributed by atoms with Gasteiger partial charge in [-0.1, -0.05) is 13.8 Å². The van der Waals surface area contributed by atoms with Gasteiger partial charge in [0.2, 0.25) is 0 Å². The third-order valence-electron chi connectivity index (χ3n) is 3.65. The number of nitrogens with zero attached hydrogens (tertiary/aromatic N) is 2. The summed E-state index contributed by atoms with van der Waals surface area (Å²) >= 11 is 0. The van der Waals surface area contributed by atoms with Crippen LogP contribution in [0.25, 0.3) is 0 Å². The van der Waals surface area contributed by atoms with Crippen molar-refractivity contribution in [2.45, 2.75) is 33.2 Å². The largest absolute Gasteiger partial charge is 0.478 e. The number of rotatable bonds is 3. The minimum absolute atomic E-state index is 0.00177. The van der Waals surface area contributed by atoms with E-state index in [1.165, 1.54) is 6.07 Å². The number of amidine groups is 1. The maximum atomic E-state index is 12.1. The Hall–Kier alpha value is -2.24. The van der Waals surface area contributed by atoms with Gasteiger partial charge in [-0.3, -0.25) is 4.79 Å². The Morgan fingerprint density at radius 1 is 1.40 bits per heavy atom. The topological polar surface area (TPSA) is 91.6 Å². The van der Waals surface area contributed by atoms with E-state index in [2.05, 4.69) is 15.3 Å². The summed E-state index contributed by atoms with van der Waals surface area (Å²) in [7, 11) is 0. The molecule has 0 aliphatic carbocycles. The number of aromatic nitrogens is 1. The minimum atomic E-state index is -1.09. The zero-order chi connectivity index (χ0) is 15.1. The van der Waals surface area contributed by atoms with Gasteiger partial charge in [-0.25, -0.2) is 14.8 Å². The van der Waals surface area contributed by atoms with E-state index >= 15 is 0 Å². The van der Waals surface area contributed by atoms with Crippen LogP contribution in [0.15, 0.2) is 17.1 Å². The molecule has 1 aromatic rings. The molecule has 1 amide bonds. The molecule has 0 unspecified atom stereocenters. The van der Waals surface area contributed by atoms with Crippen molar-refractivity contribution in [2.75, 3.05) is 0 Å². The maximum absolute atomic E-state index is 12.1. The van der Waals surface area contributed by atoms with Crippen LogP contribution in [-0.2, 0) is 4.79 Å². The van der Waals surface area contributed by atoms with E-state index in [4.69, 9.17) is 0 Å². The molecule has 6 nitrogen and oxygen atoms in total. The first-order valence-electron chi connectivity index (χ1n) is 6.38. The molecule has 0 saturated heterocycles. The van der Waals surface area contributed by atoms with E-state index < -0.39 is 11.5 Å². The van der Waals surface area contributed by atoms with Crippen LogP contribution in [0.5, 0.6) is 0 Å². The molecule has 1 atom stereocenters. The fourth-order valence-electron chi connectivity index (χ4n) is 1.96. The summed E-state index contributed by atoms with van der Waals surface area (Å²) in [6.07, 6.45) is 0. The van der Waals surface area contributed by atoms with Crippen LogP contribution >= 0.6 is 0 Å². The second-order valence-electron chi connectivity index (χ2n) is 5.37. The lowest BCUT2D eigenvalue weighted by Crippen LogP contribution is -2.41. The molecule has 2 rings (SSSR count). The van der Waals surface area contributed by atoms with Crippen molar-refractivity contribution >= 4 is 17.7 Å². The number of aliphatic imine (C=N–C) groups is 1. The normalized spacial score (nSPS) is 21.9. The minimum Gasteiger partial charge on any atom is -0.478 e.